The van der Waals surface area contributed by atoms with Crippen LogP contribution in [-0.4, -0.2) is 5.97 Å². The third kappa shape index (κ3) is 3.93. The van der Waals surface area contributed by atoms with E-state index < -0.39 is 0 Å². The molecule has 0 fully saturated rings. The lowest BCUT2D eigenvalue weighted by molar-refractivity contribution is 0.0472. The number of carbonyl (C=O) groups is 1. The van der Waals surface area contributed by atoms with Gasteiger partial charge in [-0.25, -0.2) is 4.79 Å². The molecule has 0 N–H and O–H groups in total. The second kappa shape index (κ2) is 6.71. The maximum atomic E-state index is 11.9. The Hall–Kier alpha value is -2.60. The van der Waals surface area contributed by atoms with Gasteiger partial charge in [0.05, 0.1) is 17.2 Å². The molecule has 3 heteroatoms. The molecule has 0 aliphatic carbocycles. The third-order valence-corrected chi connectivity index (χ3v) is 3.27. The second-order valence-corrected chi connectivity index (χ2v) is 5.16. The fourth-order valence-electron chi connectivity index (χ4n) is 1.91. The van der Waals surface area contributed by atoms with Crippen LogP contribution in [0.4, 0.5) is 0 Å². The van der Waals surface area contributed by atoms with E-state index in [0.29, 0.717) is 17.0 Å². The summed E-state index contributed by atoms with van der Waals surface area (Å²) in [6.45, 7) is 4.42. The summed E-state index contributed by atoms with van der Waals surface area (Å²) in [5.74, 6) is 0.100. The number of nitrogens with zero attached hydrogens (tertiary/aromatic N) is 1. The number of esters is 1. The first-order valence-electron chi connectivity index (χ1n) is 6.86. The summed E-state index contributed by atoms with van der Waals surface area (Å²) in [6, 6.07) is 16.5. The van der Waals surface area contributed by atoms with Crippen LogP contribution >= 0.6 is 0 Å². The fraction of sp³-hybridized carbons (Fsp3) is 0.222. The zero-order chi connectivity index (χ0) is 15.2. The van der Waals surface area contributed by atoms with Crippen LogP contribution in [0, 0.1) is 11.3 Å². The summed E-state index contributed by atoms with van der Waals surface area (Å²) in [5, 5.41) is 8.72. The molecule has 2 aromatic rings. The van der Waals surface area contributed by atoms with E-state index in [1.807, 2.05) is 12.1 Å². The second-order valence-electron chi connectivity index (χ2n) is 5.16. The molecule has 0 radical (unpaired) electrons. The first kappa shape index (κ1) is 14.8. The molecule has 2 rings (SSSR count). The zero-order valence-corrected chi connectivity index (χ0v) is 12.2. The van der Waals surface area contributed by atoms with Gasteiger partial charge < -0.3 is 4.74 Å². The number of benzene rings is 2. The minimum absolute atomic E-state index is 0.205. The number of carbonyl (C=O) groups excluding carboxylic acids is 1. The van der Waals surface area contributed by atoms with Crippen LogP contribution in [0.15, 0.2) is 48.5 Å². The summed E-state index contributed by atoms with van der Waals surface area (Å²) in [6.07, 6.45) is 0. The highest BCUT2D eigenvalue weighted by Crippen LogP contribution is 2.15. The van der Waals surface area contributed by atoms with Gasteiger partial charge in [0.1, 0.15) is 6.61 Å². The van der Waals surface area contributed by atoms with Crippen LogP contribution in [0.2, 0.25) is 0 Å². The maximum Gasteiger partial charge on any atom is 0.338 e. The molecule has 2 aromatic carbocycles. The highest BCUT2D eigenvalue weighted by Gasteiger charge is 2.08. The number of rotatable bonds is 4. The number of ether oxygens (including phenoxy) is 1. The summed E-state index contributed by atoms with van der Waals surface area (Å²) >= 11 is 0. The van der Waals surface area contributed by atoms with Crippen LogP contribution < -0.4 is 0 Å². The first-order valence-corrected chi connectivity index (χ1v) is 6.86. The van der Waals surface area contributed by atoms with Crippen molar-refractivity contribution < 1.29 is 9.53 Å². The van der Waals surface area contributed by atoms with Gasteiger partial charge in [0, 0.05) is 0 Å². The molecule has 21 heavy (non-hydrogen) atoms. The highest BCUT2D eigenvalue weighted by molar-refractivity contribution is 5.89. The van der Waals surface area contributed by atoms with Crippen molar-refractivity contribution in [3.05, 3.63) is 70.8 Å². The normalized spacial score (nSPS) is 10.2. The molecule has 0 bridgehead atoms. The van der Waals surface area contributed by atoms with E-state index in [-0.39, 0.29) is 12.6 Å². The van der Waals surface area contributed by atoms with E-state index >= 15 is 0 Å². The standard InChI is InChI=1S/C18H17NO2/c1-13(2)16-7-9-17(10-8-16)18(20)21-12-15-5-3-14(11-19)4-6-15/h3-10,13H,12H2,1-2H3. The van der Waals surface area contributed by atoms with Gasteiger partial charge in [-0.1, -0.05) is 38.1 Å². The number of hydrogen-bond donors (Lipinski definition) is 0. The van der Waals surface area contributed by atoms with E-state index in [9.17, 15) is 4.79 Å². The number of hydrogen-bond acceptors (Lipinski definition) is 3. The third-order valence-electron chi connectivity index (χ3n) is 3.27. The van der Waals surface area contributed by atoms with Gasteiger partial charge in [-0.15, -0.1) is 0 Å². The molecule has 0 heterocycles. The van der Waals surface area contributed by atoms with Crippen LogP contribution in [-0.2, 0) is 11.3 Å². The van der Waals surface area contributed by atoms with Gasteiger partial charge >= 0.3 is 5.97 Å². The molecule has 0 aliphatic heterocycles. The predicted molar refractivity (Wildman–Crippen MR) is 80.8 cm³/mol. The van der Waals surface area contributed by atoms with E-state index in [2.05, 4.69) is 19.9 Å². The van der Waals surface area contributed by atoms with Gasteiger partial charge in [-0.2, -0.15) is 5.26 Å². The van der Waals surface area contributed by atoms with Gasteiger partial charge in [-0.05, 0) is 41.3 Å². The Morgan fingerprint density at radius 2 is 1.71 bits per heavy atom. The molecule has 0 spiro atoms. The molecule has 0 aliphatic rings. The van der Waals surface area contributed by atoms with E-state index in [4.69, 9.17) is 10.00 Å². The van der Waals surface area contributed by atoms with Crippen molar-refractivity contribution in [2.75, 3.05) is 0 Å². The van der Waals surface area contributed by atoms with Crippen molar-refractivity contribution in [1.29, 1.82) is 5.26 Å². The van der Waals surface area contributed by atoms with Gasteiger partial charge in [0.25, 0.3) is 0 Å². The lowest BCUT2D eigenvalue weighted by atomic mass is 10.0. The van der Waals surface area contributed by atoms with E-state index in [0.717, 1.165) is 5.56 Å². The summed E-state index contributed by atoms with van der Waals surface area (Å²) in [4.78, 5) is 11.9. The molecule has 0 unspecified atom stereocenters. The fourth-order valence-corrected chi connectivity index (χ4v) is 1.91. The van der Waals surface area contributed by atoms with Gasteiger partial charge in [0.2, 0.25) is 0 Å². The summed E-state index contributed by atoms with van der Waals surface area (Å²) < 4.78 is 5.27. The SMILES string of the molecule is CC(C)c1ccc(C(=O)OCc2ccc(C#N)cc2)cc1. The van der Waals surface area contributed by atoms with Crippen LogP contribution in [0.25, 0.3) is 0 Å². The zero-order valence-electron chi connectivity index (χ0n) is 12.2. The Labute approximate surface area is 124 Å². The Balaban J connectivity index is 1.96. The molecular weight excluding hydrogens is 262 g/mol. The first-order chi connectivity index (χ1) is 10.1. The van der Waals surface area contributed by atoms with Crippen molar-refractivity contribution in [1.82, 2.24) is 0 Å². The van der Waals surface area contributed by atoms with E-state index in [1.54, 1.807) is 36.4 Å². The molecule has 0 amide bonds. The molecule has 3 nitrogen and oxygen atoms in total. The van der Waals surface area contributed by atoms with E-state index in [1.165, 1.54) is 5.56 Å². The largest absolute Gasteiger partial charge is 0.457 e. The average molecular weight is 279 g/mol. The predicted octanol–water partition coefficient (Wildman–Crippen LogP) is 4.04. The lowest BCUT2D eigenvalue weighted by Gasteiger charge is -2.07. The lowest BCUT2D eigenvalue weighted by Crippen LogP contribution is -2.05. The Kier molecular flexibility index (Phi) is 4.73. The van der Waals surface area contributed by atoms with Crippen molar-refractivity contribution in [2.45, 2.75) is 26.4 Å². The smallest absolute Gasteiger partial charge is 0.338 e. The van der Waals surface area contributed by atoms with Crippen molar-refractivity contribution in [3.63, 3.8) is 0 Å². The molecular formula is C18H17NO2. The monoisotopic (exact) mass is 279 g/mol. The van der Waals surface area contributed by atoms with Crippen molar-refractivity contribution in [2.24, 2.45) is 0 Å². The molecule has 0 atom stereocenters. The minimum Gasteiger partial charge on any atom is -0.457 e. The van der Waals surface area contributed by atoms with Crippen molar-refractivity contribution >= 4 is 5.97 Å². The highest BCUT2D eigenvalue weighted by atomic mass is 16.5. The molecule has 0 saturated carbocycles. The van der Waals surface area contributed by atoms with Crippen molar-refractivity contribution in [3.8, 4) is 6.07 Å². The summed E-state index contributed by atoms with van der Waals surface area (Å²) in [5.41, 5.74) is 3.20. The Morgan fingerprint density at radius 3 is 2.24 bits per heavy atom. The summed E-state index contributed by atoms with van der Waals surface area (Å²) in [7, 11) is 0. The van der Waals surface area contributed by atoms with Crippen LogP contribution in [0.5, 0.6) is 0 Å². The molecule has 0 saturated heterocycles. The van der Waals surface area contributed by atoms with Gasteiger partial charge in [-0.3, -0.25) is 0 Å². The van der Waals surface area contributed by atoms with Crippen LogP contribution in [0.1, 0.15) is 46.8 Å². The number of nitriles is 1. The molecule has 106 valence electrons. The topological polar surface area (TPSA) is 50.1 Å². The maximum absolute atomic E-state index is 11.9. The van der Waals surface area contributed by atoms with Crippen LogP contribution in [0.3, 0.4) is 0 Å². The Bertz CT molecular complexity index is 649. The quantitative estimate of drug-likeness (QED) is 0.794. The average Bonchev–Trinajstić information content (AvgIpc) is 2.53. The molecule has 0 aromatic heterocycles. The Morgan fingerprint density at radius 1 is 1.10 bits per heavy atom. The minimum atomic E-state index is -0.338. The van der Waals surface area contributed by atoms with Gasteiger partial charge in [0.15, 0.2) is 0 Å².